The highest BCUT2D eigenvalue weighted by Crippen LogP contribution is 2.07. The summed E-state index contributed by atoms with van der Waals surface area (Å²) >= 11 is 0. The van der Waals surface area contributed by atoms with Crippen LogP contribution in [0.1, 0.15) is 17.4 Å². The van der Waals surface area contributed by atoms with Gasteiger partial charge in [-0.05, 0) is 24.3 Å². The van der Waals surface area contributed by atoms with E-state index in [4.69, 9.17) is 0 Å². The predicted molar refractivity (Wildman–Crippen MR) is 72.5 cm³/mol. The van der Waals surface area contributed by atoms with E-state index in [0.29, 0.717) is 5.69 Å². The summed E-state index contributed by atoms with van der Waals surface area (Å²) in [5.74, 6) is 0.0787. The molecule has 0 fully saturated rings. The number of carbonyl (C=O) groups is 1. The fraction of sp³-hybridized carbons (Fsp3) is 0.0667. The molecular weight excluding hydrogens is 224 g/mol. The number of nitrogens with one attached hydrogen (secondary N) is 1. The maximum Gasteiger partial charge on any atom is 0.175 e. The Bertz CT molecular complexity index is 564. The average molecular weight is 238 g/mol. The first-order valence-electron chi connectivity index (χ1n) is 5.71. The molecule has 2 heterocycles. The molecule has 3 nitrogen and oxygen atoms in total. The van der Waals surface area contributed by atoms with Crippen LogP contribution in [0.25, 0.3) is 10.9 Å². The molecule has 0 bridgehead atoms. The minimum absolute atomic E-state index is 0.0787. The molecule has 0 saturated carbocycles. The van der Waals surface area contributed by atoms with Gasteiger partial charge in [-0.15, -0.1) is 0 Å². The van der Waals surface area contributed by atoms with Crippen molar-refractivity contribution in [2.75, 3.05) is 0 Å². The molecule has 0 radical (unpaired) electrons. The van der Waals surface area contributed by atoms with Crippen molar-refractivity contribution < 1.29 is 4.79 Å². The summed E-state index contributed by atoms with van der Waals surface area (Å²) in [7, 11) is 0. The van der Waals surface area contributed by atoms with Crippen molar-refractivity contribution in [2.45, 2.75) is 6.92 Å². The first-order valence-corrected chi connectivity index (χ1v) is 5.71. The molecular formula is C15H14N2O. The number of carbonyl (C=O) groups excluding carboxylic acids is 1. The maximum atomic E-state index is 10.5. The third kappa shape index (κ3) is 3.04. The molecule has 18 heavy (non-hydrogen) atoms. The van der Waals surface area contributed by atoms with Gasteiger partial charge in [0.15, 0.2) is 5.78 Å². The van der Waals surface area contributed by atoms with Gasteiger partial charge in [0, 0.05) is 24.7 Å². The molecule has 0 saturated heterocycles. The Morgan fingerprint density at radius 2 is 1.83 bits per heavy atom. The molecule has 0 aliphatic rings. The van der Waals surface area contributed by atoms with Crippen molar-refractivity contribution in [2.24, 2.45) is 0 Å². The lowest BCUT2D eigenvalue weighted by Crippen LogP contribution is -1.89. The van der Waals surface area contributed by atoms with Crippen LogP contribution in [-0.4, -0.2) is 15.8 Å². The van der Waals surface area contributed by atoms with Gasteiger partial charge in [0.25, 0.3) is 0 Å². The van der Waals surface area contributed by atoms with Crippen molar-refractivity contribution in [3.8, 4) is 0 Å². The number of Topliss-reactive ketones (excluding diaryl/α,β-unsaturated/α-hetero) is 1. The van der Waals surface area contributed by atoms with E-state index < -0.39 is 0 Å². The number of hydrogen-bond donors (Lipinski definition) is 1. The predicted octanol–water partition coefficient (Wildman–Crippen LogP) is 3.45. The zero-order valence-electron chi connectivity index (χ0n) is 10.1. The Labute approximate surface area is 105 Å². The Kier molecular flexibility index (Phi) is 3.86. The highest BCUT2D eigenvalue weighted by atomic mass is 16.1. The lowest BCUT2D eigenvalue weighted by molar-refractivity contribution is 0.101. The highest BCUT2D eigenvalue weighted by Gasteiger charge is 1.94. The highest BCUT2D eigenvalue weighted by molar-refractivity contribution is 5.92. The number of nitrogens with zero attached hydrogens (tertiary/aromatic N) is 1. The van der Waals surface area contributed by atoms with Gasteiger partial charge >= 0.3 is 0 Å². The summed E-state index contributed by atoms with van der Waals surface area (Å²) < 4.78 is 0. The normalized spacial score (nSPS) is 9.61. The molecule has 0 unspecified atom stereocenters. The molecule has 3 aromatic rings. The van der Waals surface area contributed by atoms with Crippen molar-refractivity contribution in [3.05, 3.63) is 66.6 Å². The Morgan fingerprint density at radius 3 is 2.44 bits per heavy atom. The molecule has 0 amide bonds. The molecule has 0 aliphatic heterocycles. The van der Waals surface area contributed by atoms with Crippen LogP contribution in [0.15, 0.2) is 60.9 Å². The summed E-state index contributed by atoms with van der Waals surface area (Å²) in [5, 5.41) is 1.20. The van der Waals surface area contributed by atoms with Gasteiger partial charge in [-0.25, -0.2) is 0 Å². The van der Waals surface area contributed by atoms with E-state index in [-0.39, 0.29) is 5.78 Å². The minimum atomic E-state index is 0.0787. The fourth-order valence-corrected chi connectivity index (χ4v) is 1.57. The number of pyridine rings is 1. The Balaban J connectivity index is 0.000000138. The van der Waals surface area contributed by atoms with Gasteiger partial charge in [0.05, 0.1) is 11.2 Å². The van der Waals surface area contributed by atoms with Crippen molar-refractivity contribution in [1.82, 2.24) is 9.97 Å². The summed E-state index contributed by atoms with van der Waals surface area (Å²) in [6.45, 7) is 1.53. The minimum Gasteiger partial charge on any atom is -0.359 e. The number of rotatable bonds is 1. The molecule has 3 heteroatoms. The van der Waals surface area contributed by atoms with Gasteiger partial charge in [-0.1, -0.05) is 24.3 Å². The number of H-pyrrole nitrogens is 1. The van der Waals surface area contributed by atoms with E-state index in [9.17, 15) is 4.79 Å². The van der Waals surface area contributed by atoms with E-state index in [1.807, 2.05) is 30.5 Å². The second-order valence-electron chi connectivity index (χ2n) is 3.84. The third-order valence-electron chi connectivity index (χ3n) is 2.49. The van der Waals surface area contributed by atoms with Gasteiger partial charge in [0.1, 0.15) is 0 Å². The number of hydrogen-bond acceptors (Lipinski definition) is 2. The molecule has 90 valence electrons. The van der Waals surface area contributed by atoms with Crippen LogP contribution in [0.2, 0.25) is 0 Å². The van der Waals surface area contributed by atoms with Crippen LogP contribution in [0.3, 0.4) is 0 Å². The quantitative estimate of drug-likeness (QED) is 0.660. The molecule has 0 atom stereocenters. The lowest BCUT2D eigenvalue weighted by Gasteiger charge is -1.91. The van der Waals surface area contributed by atoms with Crippen LogP contribution in [-0.2, 0) is 0 Å². The standard InChI is InChI=1S/C9H7N.C6H7NO/c1-2-6-9-8(4-1)5-3-7-10-9;1-5(8)6-3-2-4-7-6/h1-7H;2-4,7H,1H3. The monoisotopic (exact) mass is 238 g/mol. The SMILES string of the molecule is CC(=O)c1ccc[nH]1.c1ccc2ncccc2c1. The summed E-state index contributed by atoms with van der Waals surface area (Å²) in [4.78, 5) is 17.4. The summed E-state index contributed by atoms with van der Waals surface area (Å²) in [6, 6.07) is 15.6. The topological polar surface area (TPSA) is 45.8 Å². The number of aromatic nitrogens is 2. The third-order valence-corrected chi connectivity index (χ3v) is 2.49. The van der Waals surface area contributed by atoms with E-state index in [0.717, 1.165) is 5.52 Å². The van der Waals surface area contributed by atoms with E-state index in [1.54, 1.807) is 18.3 Å². The number of benzene rings is 1. The number of aromatic amines is 1. The molecule has 2 aromatic heterocycles. The van der Waals surface area contributed by atoms with Crippen molar-refractivity contribution >= 4 is 16.7 Å². The van der Waals surface area contributed by atoms with E-state index in [2.05, 4.69) is 22.1 Å². The van der Waals surface area contributed by atoms with Gasteiger partial charge in [-0.3, -0.25) is 9.78 Å². The van der Waals surface area contributed by atoms with Crippen molar-refractivity contribution in [1.29, 1.82) is 0 Å². The van der Waals surface area contributed by atoms with Crippen LogP contribution in [0, 0.1) is 0 Å². The molecule has 1 aromatic carbocycles. The maximum absolute atomic E-state index is 10.5. The smallest absolute Gasteiger partial charge is 0.175 e. The van der Waals surface area contributed by atoms with Crippen LogP contribution < -0.4 is 0 Å². The second-order valence-corrected chi connectivity index (χ2v) is 3.84. The average Bonchev–Trinajstić information content (AvgIpc) is 2.94. The van der Waals surface area contributed by atoms with Crippen LogP contribution >= 0.6 is 0 Å². The Hall–Kier alpha value is -2.42. The number of ketones is 1. The summed E-state index contributed by atoms with van der Waals surface area (Å²) in [5.41, 5.74) is 1.73. The first kappa shape index (κ1) is 12.0. The molecule has 1 N–H and O–H groups in total. The molecule has 3 rings (SSSR count). The fourth-order valence-electron chi connectivity index (χ4n) is 1.57. The zero-order valence-corrected chi connectivity index (χ0v) is 10.1. The van der Waals surface area contributed by atoms with Crippen molar-refractivity contribution in [3.63, 3.8) is 0 Å². The van der Waals surface area contributed by atoms with Crippen LogP contribution in [0.5, 0.6) is 0 Å². The summed E-state index contributed by atoms with van der Waals surface area (Å²) in [6.07, 6.45) is 3.54. The van der Waals surface area contributed by atoms with Gasteiger partial charge < -0.3 is 4.98 Å². The number of para-hydroxylation sites is 1. The zero-order chi connectivity index (χ0) is 12.8. The van der Waals surface area contributed by atoms with Gasteiger partial charge in [-0.2, -0.15) is 0 Å². The van der Waals surface area contributed by atoms with E-state index in [1.165, 1.54) is 12.3 Å². The Morgan fingerprint density at radius 1 is 1.06 bits per heavy atom. The largest absolute Gasteiger partial charge is 0.359 e. The lowest BCUT2D eigenvalue weighted by atomic mass is 10.2. The molecule has 0 aliphatic carbocycles. The second kappa shape index (κ2) is 5.77. The molecule has 0 spiro atoms. The first-order chi connectivity index (χ1) is 8.77. The number of fused-ring (bicyclic) bond motifs is 1. The van der Waals surface area contributed by atoms with Gasteiger partial charge in [0.2, 0.25) is 0 Å². The van der Waals surface area contributed by atoms with Crippen LogP contribution in [0.4, 0.5) is 0 Å². The van der Waals surface area contributed by atoms with E-state index >= 15 is 0 Å².